The third kappa shape index (κ3) is 4.27. The van der Waals surface area contributed by atoms with E-state index in [-0.39, 0.29) is 6.04 Å². The van der Waals surface area contributed by atoms with Gasteiger partial charge in [-0.1, -0.05) is 6.07 Å². The SMILES string of the molecule is CC(C)NS(=O)(=O)c1cc(CNC2CC2)ccc1Br. The summed E-state index contributed by atoms with van der Waals surface area (Å²) in [6.45, 7) is 4.33. The van der Waals surface area contributed by atoms with Gasteiger partial charge in [-0.15, -0.1) is 0 Å². The van der Waals surface area contributed by atoms with Gasteiger partial charge in [0.15, 0.2) is 0 Å². The van der Waals surface area contributed by atoms with Crippen molar-refractivity contribution in [2.45, 2.75) is 50.2 Å². The van der Waals surface area contributed by atoms with Gasteiger partial charge in [0.1, 0.15) is 0 Å². The fourth-order valence-corrected chi connectivity index (χ4v) is 4.05. The maximum atomic E-state index is 12.2. The monoisotopic (exact) mass is 346 g/mol. The van der Waals surface area contributed by atoms with E-state index in [2.05, 4.69) is 26.0 Å². The van der Waals surface area contributed by atoms with E-state index in [1.807, 2.05) is 19.9 Å². The van der Waals surface area contributed by atoms with Crippen molar-refractivity contribution in [2.24, 2.45) is 0 Å². The van der Waals surface area contributed by atoms with Gasteiger partial charge in [0.05, 0.1) is 4.90 Å². The Morgan fingerprint density at radius 3 is 2.63 bits per heavy atom. The molecule has 4 nitrogen and oxygen atoms in total. The highest BCUT2D eigenvalue weighted by Crippen LogP contribution is 2.24. The molecule has 106 valence electrons. The molecular formula is C13H19BrN2O2S. The Balaban J connectivity index is 2.20. The molecule has 0 amide bonds. The Labute approximate surface area is 123 Å². The van der Waals surface area contributed by atoms with Crippen LogP contribution in [-0.4, -0.2) is 20.5 Å². The van der Waals surface area contributed by atoms with E-state index < -0.39 is 10.0 Å². The van der Waals surface area contributed by atoms with E-state index in [1.165, 1.54) is 12.8 Å². The van der Waals surface area contributed by atoms with E-state index in [4.69, 9.17) is 0 Å². The molecule has 6 heteroatoms. The van der Waals surface area contributed by atoms with Gasteiger partial charge in [0.2, 0.25) is 10.0 Å². The molecule has 1 saturated carbocycles. The molecule has 0 saturated heterocycles. The molecule has 1 aromatic rings. The van der Waals surface area contributed by atoms with E-state index in [0.717, 1.165) is 5.56 Å². The van der Waals surface area contributed by atoms with E-state index in [1.54, 1.807) is 12.1 Å². The molecule has 1 aromatic carbocycles. The summed E-state index contributed by atoms with van der Waals surface area (Å²) in [7, 11) is -3.46. The third-order valence-electron chi connectivity index (χ3n) is 2.85. The van der Waals surface area contributed by atoms with Crippen molar-refractivity contribution in [3.63, 3.8) is 0 Å². The Hall–Kier alpha value is -0.430. The van der Waals surface area contributed by atoms with Gasteiger partial charge in [0.25, 0.3) is 0 Å². The van der Waals surface area contributed by atoms with Crippen LogP contribution in [0.15, 0.2) is 27.6 Å². The van der Waals surface area contributed by atoms with Crippen molar-refractivity contribution in [2.75, 3.05) is 0 Å². The van der Waals surface area contributed by atoms with Crippen LogP contribution in [-0.2, 0) is 16.6 Å². The van der Waals surface area contributed by atoms with Crippen LogP contribution in [0.3, 0.4) is 0 Å². The van der Waals surface area contributed by atoms with Gasteiger partial charge in [-0.05, 0) is 60.3 Å². The fourth-order valence-electron chi connectivity index (χ4n) is 1.79. The minimum Gasteiger partial charge on any atom is -0.310 e. The van der Waals surface area contributed by atoms with Crippen LogP contribution < -0.4 is 10.0 Å². The van der Waals surface area contributed by atoms with Crippen LogP contribution in [0.2, 0.25) is 0 Å². The first-order chi connectivity index (χ1) is 8.88. The highest BCUT2D eigenvalue weighted by molar-refractivity contribution is 9.10. The van der Waals surface area contributed by atoms with Crippen molar-refractivity contribution in [3.05, 3.63) is 28.2 Å². The molecule has 1 aliphatic rings. The molecular weight excluding hydrogens is 328 g/mol. The molecule has 0 heterocycles. The second-order valence-electron chi connectivity index (χ2n) is 5.20. The predicted molar refractivity (Wildman–Crippen MR) is 79.5 cm³/mol. The predicted octanol–water partition coefficient (Wildman–Crippen LogP) is 2.39. The maximum absolute atomic E-state index is 12.2. The summed E-state index contributed by atoms with van der Waals surface area (Å²) in [5, 5.41) is 3.38. The molecule has 2 rings (SSSR count). The lowest BCUT2D eigenvalue weighted by molar-refractivity contribution is 0.569. The number of rotatable bonds is 6. The third-order valence-corrected chi connectivity index (χ3v) is 5.50. The van der Waals surface area contributed by atoms with Gasteiger partial charge in [-0.25, -0.2) is 13.1 Å². The number of benzene rings is 1. The van der Waals surface area contributed by atoms with Crippen LogP contribution >= 0.6 is 15.9 Å². The second-order valence-corrected chi connectivity index (χ2v) is 7.73. The Kier molecular flexibility index (Phi) is 4.66. The molecule has 0 radical (unpaired) electrons. The zero-order valence-corrected chi connectivity index (χ0v) is 13.5. The van der Waals surface area contributed by atoms with Crippen LogP contribution in [0.1, 0.15) is 32.3 Å². The minimum absolute atomic E-state index is 0.120. The summed E-state index contributed by atoms with van der Waals surface area (Å²) in [4.78, 5) is 0.302. The summed E-state index contributed by atoms with van der Waals surface area (Å²) in [5.41, 5.74) is 0.985. The molecule has 0 atom stereocenters. The van der Waals surface area contributed by atoms with Crippen molar-refractivity contribution in [1.82, 2.24) is 10.0 Å². The normalized spacial score (nSPS) is 16.0. The zero-order valence-electron chi connectivity index (χ0n) is 11.1. The highest BCUT2D eigenvalue weighted by Gasteiger charge is 2.22. The Bertz CT molecular complexity index is 554. The molecule has 2 N–H and O–H groups in total. The van der Waals surface area contributed by atoms with Crippen LogP contribution in [0.25, 0.3) is 0 Å². The van der Waals surface area contributed by atoms with E-state index in [9.17, 15) is 8.42 Å². The number of halogens is 1. The fraction of sp³-hybridized carbons (Fsp3) is 0.538. The first-order valence-electron chi connectivity index (χ1n) is 6.42. The largest absolute Gasteiger partial charge is 0.310 e. The average molecular weight is 347 g/mol. The molecule has 19 heavy (non-hydrogen) atoms. The maximum Gasteiger partial charge on any atom is 0.241 e. The van der Waals surface area contributed by atoms with Gasteiger partial charge in [0, 0.05) is 23.1 Å². The molecule has 0 spiro atoms. The summed E-state index contributed by atoms with van der Waals surface area (Å²) in [5.74, 6) is 0. The summed E-state index contributed by atoms with van der Waals surface area (Å²) in [6, 6.07) is 5.94. The Morgan fingerprint density at radius 1 is 1.37 bits per heavy atom. The highest BCUT2D eigenvalue weighted by atomic mass is 79.9. The van der Waals surface area contributed by atoms with Crippen molar-refractivity contribution in [3.8, 4) is 0 Å². The lowest BCUT2D eigenvalue weighted by atomic mass is 10.2. The van der Waals surface area contributed by atoms with E-state index in [0.29, 0.717) is 22.0 Å². The average Bonchev–Trinajstić information content (AvgIpc) is 3.09. The Morgan fingerprint density at radius 2 is 2.05 bits per heavy atom. The van der Waals surface area contributed by atoms with Gasteiger partial charge in [-0.2, -0.15) is 0 Å². The number of hydrogen-bond donors (Lipinski definition) is 2. The lowest BCUT2D eigenvalue weighted by Gasteiger charge is -2.12. The van der Waals surface area contributed by atoms with Gasteiger partial charge < -0.3 is 5.32 Å². The topological polar surface area (TPSA) is 58.2 Å². The first kappa shape index (κ1) is 15.0. The summed E-state index contributed by atoms with van der Waals surface area (Å²) < 4.78 is 27.6. The number of sulfonamides is 1. The quantitative estimate of drug-likeness (QED) is 0.831. The second kappa shape index (κ2) is 5.91. The van der Waals surface area contributed by atoms with Gasteiger partial charge >= 0.3 is 0 Å². The summed E-state index contributed by atoms with van der Waals surface area (Å²) in [6.07, 6.45) is 2.44. The minimum atomic E-state index is -3.46. The summed E-state index contributed by atoms with van der Waals surface area (Å²) >= 11 is 3.31. The molecule has 1 fully saturated rings. The lowest BCUT2D eigenvalue weighted by Crippen LogP contribution is -2.30. The van der Waals surface area contributed by atoms with Crippen LogP contribution in [0.4, 0.5) is 0 Å². The van der Waals surface area contributed by atoms with Crippen molar-refractivity contribution >= 4 is 26.0 Å². The molecule has 1 aliphatic carbocycles. The molecule has 0 aromatic heterocycles. The van der Waals surface area contributed by atoms with Crippen molar-refractivity contribution < 1.29 is 8.42 Å². The smallest absolute Gasteiger partial charge is 0.241 e. The van der Waals surface area contributed by atoms with Crippen LogP contribution in [0.5, 0.6) is 0 Å². The molecule has 0 bridgehead atoms. The zero-order chi connectivity index (χ0) is 14.0. The first-order valence-corrected chi connectivity index (χ1v) is 8.70. The molecule has 0 aliphatic heterocycles. The standard InChI is InChI=1S/C13H19BrN2O2S/c1-9(2)16-19(17,18)13-7-10(3-6-12(13)14)8-15-11-4-5-11/h3,6-7,9,11,15-16H,4-5,8H2,1-2H3. The number of nitrogens with one attached hydrogen (secondary N) is 2. The van der Waals surface area contributed by atoms with E-state index >= 15 is 0 Å². The van der Waals surface area contributed by atoms with Gasteiger partial charge in [-0.3, -0.25) is 0 Å². The van der Waals surface area contributed by atoms with Crippen LogP contribution in [0, 0.1) is 0 Å². The van der Waals surface area contributed by atoms with Crippen molar-refractivity contribution in [1.29, 1.82) is 0 Å². The number of hydrogen-bond acceptors (Lipinski definition) is 3. The molecule has 0 unspecified atom stereocenters.